The third kappa shape index (κ3) is 6.05. The summed E-state index contributed by atoms with van der Waals surface area (Å²) in [5, 5.41) is 16.0. The maximum Gasteiger partial charge on any atom is 0.334 e. The summed E-state index contributed by atoms with van der Waals surface area (Å²) in [6.07, 6.45) is -1.10. The van der Waals surface area contributed by atoms with E-state index >= 15 is 0 Å². The smallest absolute Gasteiger partial charge is 0.334 e. The van der Waals surface area contributed by atoms with Crippen LogP contribution in [0.25, 0.3) is 0 Å². The minimum atomic E-state index is -1.16. The van der Waals surface area contributed by atoms with Crippen molar-refractivity contribution in [2.45, 2.75) is 20.0 Å². The lowest BCUT2D eigenvalue weighted by Gasteiger charge is -2.23. The predicted molar refractivity (Wildman–Crippen MR) is 67.7 cm³/mol. The van der Waals surface area contributed by atoms with E-state index in [1.54, 1.807) is 13.8 Å². The highest BCUT2D eigenvalue weighted by Gasteiger charge is 2.27. The highest BCUT2D eigenvalue weighted by Crippen LogP contribution is 2.12. The van der Waals surface area contributed by atoms with Crippen molar-refractivity contribution >= 4 is 17.9 Å². The van der Waals surface area contributed by atoms with Crippen LogP contribution in [0.15, 0.2) is 0 Å². The van der Waals surface area contributed by atoms with Crippen molar-refractivity contribution in [3.63, 3.8) is 0 Å². The van der Waals surface area contributed by atoms with Crippen LogP contribution in [0, 0.1) is 5.41 Å². The van der Waals surface area contributed by atoms with Crippen molar-refractivity contribution < 1.29 is 24.2 Å². The molecule has 0 aliphatic carbocycles. The lowest BCUT2D eigenvalue weighted by atomic mass is 9.92. The van der Waals surface area contributed by atoms with E-state index in [-0.39, 0.29) is 19.0 Å². The lowest BCUT2D eigenvalue weighted by Crippen LogP contribution is -2.48. The van der Waals surface area contributed by atoms with Gasteiger partial charge in [-0.15, -0.1) is 0 Å². The Morgan fingerprint density at radius 1 is 1.26 bits per heavy atom. The molecule has 0 heterocycles. The number of carbonyl (C=O) groups is 3. The van der Waals surface area contributed by atoms with Crippen molar-refractivity contribution in [3.8, 4) is 0 Å². The van der Waals surface area contributed by atoms with Crippen LogP contribution in [-0.4, -0.2) is 56.4 Å². The molecule has 0 aromatic carbocycles. The number of nitrogens with one attached hydrogen (secondary N) is 3. The predicted octanol–water partition coefficient (Wildman–Crippen LogP) is -0.843. The minimum absolute atomic E-state index is 0.128. The van der Waals surface area contributed by atoms with Crippen molar-refractivity contribution in [2.75, 3.05) is 27.2 Å². The fraction of sp³-hybridized carbons (Fsp3) is 0.727. The fourth-order valence-electron chi connectivity index (χ4n) is 1.24. The average molecular weight is 275 g/mol. The molecule has 110 valence electrons. The summed E-state index contributed by atoms with van der Waals surface area (Å²) in [4.78, 5) is 33.5. The number of hydrogen-bond donors (Lipinski definition) is 4. The van der Waals surface area contributed by atoms with E-state index in [2.05, 4.69) is 20.7 Å². The summed E-state index contributed by atoms with van der Waals surface area (Å²) in [5.74, 6) is -1.36. The van der Waals surface area contributed by atoms with Crippen molar-refractivity contribution in [3.05, 3.63) is 0 Å². The Bertz CT molecular complexity index is 343. The van der Waals surface area contributed by atoms with Crippen molar-refractivity contribution in [1.82, 2.24) is 16.0 Å². The Labute approximate surface area is 111 Å². The molecule has 19 heavy (non-hydrogen) atoms. The van der Waals surface area contributed by atoms with Gasteiger partial charge in [-0.1, -0.05) is 0 Å². The summed E-state index contributed by atoms with van der Waals surface area (Å²) in [7, 11) is 2.76. The van der Waals surface area contributed by atoms with Gasteiger partial charge in [0.05, 0.1) is 12.0 Å². The fourth-order valence-corrected chi connectivity index (χ4v) is 1.24. The Hall–Kier alpha value is -1.83. The maximum atomic E-state index is 11.5. The third-order valence-corrected chi connectivity index (χ3v) is 2.54. The Morgan fingerprint density at radius 3 is 2.26 bits per heavy atom. The molecule has 0 saturated carbocycles. The van der Waals surface area contributed by atoms with Crippen LogP contribution in [0.1, 0.15) is 13.8 Å². The van der Waals surface area contributed by atoms with Gasteiger partial charge in [-0.3, -0.25) is 4.79 Å². The molecule has 0 fully saturated rings. The number of methoxy groups -OCH3 is 1. The van der Waals surface area contributed by atoms with Crippen LogP contribution in [-0.2, 0) is 14.3 Å². The first kappa shape index (κ1) is 17.2. The minimum Gasteiger partial charge on any atom is -0.479 e. The van der Waals surface area contributed by atoms with Gasteiger partial charge in [-0.25, -0.2) is 9.59 Å². The molecule has 0 spiro atoms. The molecule has 1 atom stereocenters. The molecule has 0 aliphatic rings. The zero-order chi connectivity index (χ0) is 15.1. The molecular weight excluding hydrogens is 254 g/mol. The molecule has 3 amide bonds. The zero-order valence-corrected chi connectivity index (χ0v) is 11.6. The van der Waals surface area contributed by atoms with E-state index in [1.165, 1.54) is 14.2 Å². The van der Waals surface area contributed by atoms with Crippen LogP contribution in [0.3, 0.4) is 0 Å². The molecule has 0 rings (SSSR count). The second-order valence-electron chi connectivity index (χ2n) is 4.59. The molecule has 0 radical (unpaired) electrons. The van der Waals surface area contributed by atoms with Crippen LogP contribution in [0.4, 0.5) is 4.79 Å². The van der Waals surface area contributed by atoms with Gasteiger partial charge in [0.1, 0.15) is 0 Å². The average Bonchev–Trinajstić information content (AvgIpc) is 2.35. The molecule has 4 N–H and O–H groups in total. The van der Waals surface area contributed by atoms with Crippen LogP contribution in [0.5, 0.6) is 0 Å². The van der Waals surface area contributed by atoms with E-state index in [0.717, 1.165) is 0 Å². The first-order valence-corrected chi connectivity index (χ1v) is 5.74. The number of aliphatic carboxylic acids is 1. The van der Waals surface area contributed by atoms with Gasteiger partial charge < -0.3 is 25.8 Å². The molecule has 0 aromatic rings. The number of hydrogen-bond acceptors (Lipinski definition) is 4. The topological polar surface area (TPSA) is 117 Å². The molecule has 0 bridgehead atoms. The van der Waals surface area contributed by atoms with E-state index in [1.807, 2.05) is 0 Å². The molecule has 0 saturated heterocycles. The molecule has 1 unspecified atom stereocenters. The van der Waals surface area contributed by atoms with E-state index < -0.39 is 23.5 Å². The summed E-state index contributed by atoms with van der Waals surface area (Å²) >= 11 is 0. The number of rotatable bonds is 7. The standard InChI is InChI=1S/C11H21N3O5/c1-11(2,9(17)12-3)6-14-10(18)13-5-7(19-4)8(15)16/h7H,5-6H2,1-4H3,(H,12,17)(H,15,16)(H2,13,14,18). The number of ether oxygens (including phenoxy) is 1. The number of carbonyl (C=O) groups excluding carboxylic acids is 2. The van der Waals surface area contributed by atoms with Crippen LogP contribution < -0.4 is 16.0 Å². The third-order valence-electron chi connectivity index (χ3n) is 2.54. The summed E-state index contributed by atoms with van der Waals surface area (Å²) < 4.78 is 4.66. The Balaban J connectivity index is 4.13. The van der Waals surface area contributed by atoms with Gasteiger partial charge >= 0.3 is 12.0 Å². The van der Waals surface area contributed by atoms with Gasteiger partial charge in [0.2, 0.25) is 5.91 Å². The second kappa shape index (κ2) is 7.57. The molecule has 0 aliphatic heterocycles. The van der Waals surface area contributed by atoms with E-state index in [9.17, 15) is 14.4 Å². The van der Waals surface area contributed by atoms with Gasteiger partial charge in [-0.05, 0) is 13.8 Å². The highest BCUT2D eigenvalue weighted by molar-refractivity contribution is 5.83. The van der Waals surface area contributed by atoms with Gasteiger partial charge in [0, 0.05) is 20.7 Å². The van der Waals surface area contributed by atoms with Crippen LogP contribution in [0.2, 0.25) is 0 Å². The number of urea groups is 1. The first-order chi connectivity index (χ1) is 8.74. The molecule has 8 heteroatoms. The summed E-state index contributed by atoms with van der Waals surface area (Å²) in [6, 6.07) is -0.555. The quantitative estimate of drug-likeness (QED) is 0.483. The largest absolute Gasteiger partial charge is 0.479 e. The maximum absolute atomic E-state index is 11.5. The van der Waals surface area contributed by atoms with Gasteiger partial charge in [0.25, 0.3) is 0 Å². The number of carboxylic acids is 1. The zero-order valence-electron chi connectivity index (χ0n) is 11.6. The normalized spacial score (nSPS) is 12.4. The highest BCUT2D eigenvalue weighted by atomic mass is 16.5. The summed E-state index contributed by atoms with van der Waals surface area (Å²) in [6.45, 7) is 3.34. The SMILES string of the molecule is CNC(=O)C(C)(C)CNC(=O)NCC(OC)C(=O)O. The Kier molecular flexibility index (Phi) is 6.84. The molecular formula is C11H21N3O5. The Morgan fingerprint density at radius 2 is 1.84 bits per heavy atom. The number of carboxylic acid groups (broad SMARTS) is 1. The monoisotopic (exact) mass is 275 g/mol. The van der Waals surface area contributed by atoms with Crippen LogP contribution >= 0.6 is 0 Å². The van der Waals surface area contributed by atoms with Gasteiger partial charge in [-0.2, -0.15) is 0 Å². The summed E-state index contributed by atoms with van der Waals surface area (Å²) in [5.41, 5.74) is -0.750. The van der Waals surface area contributed by atoms with Crippen molar-refractivity contribution in [1.29, 1.82) is 0 Å². The molecule has 8 nitrogen and oxygen atoms in total. The first-order valence-electron chi connectivity index (χ1n) is 5.74. The molecule has 0 aromatic heterocycles. The van der Waals surface area contributed by atoms with E-state index in [0.29, 0.717) is 0 Å². The van der Waals surface area contributed by atoms with E-state index in [4.69, 9.17) is 5.11 Å². The number of amides is 3. The van der Waals surface area contributed by atoms with Crippen molar-refractivity contribution in [2.24, 2.45) is 5.41 Å². The van der Waals surface area contributed by atoms with Gasteiger partial charge in [0.15, 0.2) is 6.10 Å². The lowest BCUT2D eigenvalue weighted by molar-refractivity contribution is -0.148. The second-order valence-corrected chi connectivity index (χ2v) is 4.59.